The van der Waals surface area contributed by atoms with Gasteiger partial charge < -0.3 is 0 Å². The Hall–Kier alpha value is -2.64. The molecule has 0 atom stereocenters. The Morgan fingerprint density at radius 1 is 1.11 bits per heavy atom. The van der Waals surface area contributed by atoms with Gasteiger partial charge in [0.1, 0.15) is 16.7 Å². The van der Waals surface area contributed by atoms with Gasteiger partial charge in [-0.1, -0.05) is 35.5 Å². The van der Waals surface area contributed by atoms with Crippen molar-refractivity contribution < 1.29 is 8.78 Å². The van der Waals surface area contributed by atoms with Gasteiger partial charge in [0.05, 0.1) is 16.3 Å². The summed E-state index contributed by atoms with van der Waals surface area (Å²) in [4.78, 5) is 17.5. The van der Waals surface area contributed by atoms with Crippen LogP contribution in [0.5, 0.6) is 0 Å². The number of aryl methyl sites for hydroxylation is 1. The van der Waals surface area contributed by atoms with Gasteiger partial charge in [-0.15, -0.1) is 0 Å². The standard InChI is InChI=1S/C19H12ClF2N3OS/c1-11-18-23-17(27-16-7-6-12(21)10-14(16)22)8-9-24(18)25(19(11)26)15-5-3-2-4-13(15)20/h2-10H,1H3. The molecule has 0 bridgehead atoms. The molecule has 4 rings (SSSR count). The summed E-state index contributed by atoms with van der Waals surface area (Å²) in [7, 11) is 0. The summed E-state index contributed by atoms with van der Waals surface area (Å²) in [6.07, 6.45) is 1.67. The van der Waals surface area contributed by atoms with Crippen LogP contribution < -0.4 is 5.56 Å². The van der Waals surface area contributed by atoms with E-state index in [9.17, 15) is 13.6 Å². The monoisotopic (exact) mass is 403 g/mol. The number of para-hydroxylation sites is 1. The molecule has 0 radical (unpaired) electrons. The van der Waals surface area contributed by atoms with Gasteiger partial charge in [-0.25, -0.2) is 23.0 Å². The molecule has 0 aliphatic heterocycles. The number of fused-ring (bicyclic) bond motifs is 1. The first kappa shape index (κ1) is 17.8. The van der Waals surface area contributed by atoms with E-state index in [1.807, 2.05) is 0 Å². The van der Waals surface area contributed by atoms with Crippen LogP contribution in [0.25, 0.3) is 11.3 Å². The summed E-state index contributed by atoms with van der Waals surface area (Å²) in [5, 5.41) is 0.922. The molecular weight excluding hydrogens is 392 g/mol. The Bertz CT molecular complexity index is 1240. The maximum absolute atomic E-state index is 13.9. The smallest absolute Gasteiger partial charge is 0.267 e. The Balaban J connectivity index is 1.84. The second-order valence-corrected chi connectivity index (χ2v) is 7.27. The van der Waals surface area contributed by atoms with E-state index in [-0.39, 0.29) is 10.5 Å². The lowest BCUT2D eigenvalue weighted by atomic mass is 10.3. The van der Waals surface area contributed by atoms with Gasteiger partial charge in [0.2, 0.25) is 0 Å². The van der Waals surface area contributed by atoms with E-state index in [4.69, 9.17) is 11.6 Å². The fraction of sp³-hybridized carbons (Fsp3) is 0.0526. The van der Waals surface area contributed by atoms with Crippen LogP contribution in [0.15, 0.2) is 69.4 Å². The first-order chi connectivity index (χ1) is 13.0. The van der Waals surface area contributed by atoms with E-state index >= 15 is 0 Å². The van der Waals surface area contributed by atoms with Crippen LogP contribution in [0, 0.1) is 18.6 Å². The van der Waals surface area contributed by atoms with Gasteiger partial charge in [-0.3, -0.25) is 4.79 Å². The Kier molecular flexibility index (Phi) is 4.49. The molecule has 0 unspecified atom stereocenters. The number of hydrogen-bond acceptors (Lipinski definition) is 3. The largest absolute Gasteiger partial charge is 0.276 e. The molecule has 0 spiro atoms. The highest BCUT2D eigenvalue weighted by atomic mass is 35.5. The molecule has 136 valence electrons. The third-order valence-corrected chi connectivity index (χ3v) is 5.35. The maximum Gasteiger partial charge on any atom is 0.276 e. The number of nitrogens with zero attached hydrogens (tertiary/aromatic N) is 3. The minimum atomic E-state index is -0.663. The van der Waals surface area contributed by atoms with Crippen LogP contribution in [-0.4, -0.2) is 14.2 Å². The zero-order chi connectivity index (χ0) is 19.1. The number of halogens is 3. The number of rotatable bonds is 3. The molecule has 27 heavy (non-hydrogen) atoms. The van der Waals surface area contributed by atoms with Gasteiger partial charge in [0.25, 0.3) is 5.56 Å². The molecule has 0 saturated heterocycles. The van der Waals surface area contributed by atoms with E-state index in [0.29, 0.717) is 26.9 Å². The third kappa shape index (κ3) is 3.13. The van der Waals surface area contributed by atoms with Crippen molar-refractivity contribution >= 4 is 29.0 Å². The van der Waals surface area contributed by atoms with Gasteiger partial charge in [0, 0.05) is 17.2 Å². The van der Waals surface area contributed by atoms with Crippen LogP contribution in [-0.2, 0) is 0 Å². The van der Waals surface area contributed by atoms with Crippen LogP contribution >= 0.6 is 23.4 Å². The number of hydrogen-bond donors (Lipinski definition) is 0. The first-order valence-electron chi connectivity index (χ1n) is 7.94. The molecule has 0 N–H and O–H groups in total. The normalized spacial score (nSPS) is 11.3. The highest BCUT2D eigenvalue weighted by Gasteiger charge is 2.16. The lowest BCUT2D eigenvalue weighted by Crippen LogP contribution is -2.18. The van der Waals surface area contributed by atoms with E-state index in [1.54, 1.807) is 48.0 Å². The molecule has 0 amide bonds. The van der Waals surface area contributed by atoms with Crippen molar-refractivity contribution in [2.45, 2.75) is 16.8 Å². The summed E-state index contributed by atoms with van der Waals surface area (Å²) >= 11 is 7.30. The van der Waals surface area contributed by atoms with Crippen LogP contribution in [0.1, 0.15) is 5.56 Å². The quantitative estimate of drug-likeness (QED) is 0.458. The second-order valence-electron chi connectivity index (χ2n) is 5.80. The molecule has 0 fully saturated rings. The molecular formula is C19H12ClF2N3OS. The van der Waals surface area contributed by atoms with Gasteiger partial charge in [-0.05, 0) is 37.3 Å². The van der Waals surface area contributed by atoms with Crippen molar-refractivity contribution in [3.8, 4) is 5.69 Å². The fourth-order valence-corrected chi connectivity index (χ4v) is 3.74. The fourth-order valence-electron chi connectivity index (χ4n) is 2.74. The molecule has 4 nitrogen and oxygen atoms in total. The van der Waals surface area contributed by atoms with Crippen molar-refractivity contribution in [1.82, 2.24) is 14.2 Å². The van der Waals surface area contributed by atoms with Gasteiger partial charge >= 0.3 is 0 Å². The topological polar surface area (TPSA) is 39.3 Å². The van der Waals surface area contributed by atoms with E-state index in [2.05, 4.69) is 4.98 Å². The third-order valence-electron chi connectivity index (χ3n) is 4.04. The van der Waals surface area contributed by atoms with E-state index in [0.717, 1.165) is 17.8 Å². The molecule has 0 aliphatic carbocycles. The lowest BCUT2D eigenvalue weighted by Gasteiger charge is -2.08. The molecule has 0 aliphatic rings. The van der Waals surface area contributed by atoms with E-state index < -0.39 is 11.6 Å². The van der Waals surface area contributed by atoms with E-state index in [1.165, 1.54) is 16.8 Å². The molecule has 2 aromatic heterocycles. The van der Waals surface area contributed by atoms with Crippen molar-refractivity contribution in [2.75, 3.05) is 0 Å². The SMILES string of the molecule is Cc1c(=O)n(-c2ccccc2Cl)n2ccc(Sc3ccc(F)cc3F)nc12. The minimum Gasteiger partial charge on any atom is -0.267 e. The zero-order valence-corrected chi connectivity index (χ0v) is 15.6. The first-order valence-corrected chi connectivity index (χ1v) is 9.14. The summed E-state index contributed by atoms with van der Waals surface area (Å²) in [5.41, 5.74) is 1.18. The van der Waals surface area contributed by atoms with Gasteiger partial charge in [-0.2, -0.15) is 0 Å². The zero-order valence-electron chi connectivity index (χ0n) is 14.0. The summed E-state index contributed by atoms with van der Waals surface area (Å²) in [6, 6.07) is 12.0. The van der Waals surface area contributed by atoms with Crippen LogP contribution in [0.3, 0.4) is 0 Å². The molecule has 0 saturated carbocycles. The average Bonchev–Trinajstić information content (AvgIpc) is 2.89. The maximum atomic E-state index is 13.9. The average molecular weight is 404 g/mol. The van der Waals surface area contributed by atoms with Crippen LogP contribution in [0.2, 0.25) is 5.02 Å². The highest BCUT2D eigenvalue weighted by molar-refractivity contribution is 7.99. The summed E-state index contributed by atoms with van der Waals surface area (Å²) in [5.74, 6) is -1.30. The predicted molar refractivity (Wildman–Crippen MR) is 101 cm³/mol. The predicted octanol–water partition coefficient (Wildman–Crippen LogP) is 4.88. The van der Waals surface area contributed by atoms with Crippen molar-refractivity contribution in [3.05, 3.63) is 87.3 Å². The van der Waals surface area contributed by atoms with Crippen molar-refractivity contribution in [3.63, 3.8) is 0 Å². The number of benzene rings is 2. The highest BCUT2D eigenvalue weighted by Crippen LogP contribution is 2.29. The molecule has 2 heterocycles. The van der Waals surface area contributed by atoms with Crippen molar-refractivity contribution in [2.24, 2.45) is 0 Å². The summed E-state index contributed by atoms with van der Waals surface area (Å²) < 4.78 is 30.0. The Labute approximate surface area is 162 Å². The molecule has 4 aromatic rings. The lowest BCUT2D eigenvalue weighted by molar-refractivity contribution is 0.565. The second kappa shape index (κ2) is 6.83. The van der Waals surface area contributed by atoms with Crippen molar-refractivity contribution in [1.29, 1.82) is 0 Å². The Morgan fingerprint density at radius 3 is 2.63 bits per heavy atom. The van der Waals surface area contributed by atoms with Crippen LogP contribution in [0.4, 0.5) is 8.78 Å². The molecule has 2 aromatic carbocycles. The Morgan fingerprint density at radius 2 is 1.89 bits per heavy atom. The number of aromatic nitrogens is 3. The van der Waals surface area contributed by atoms with Gasteiger partial charge in [0.15, 0.2) is 5.65 Å². The summed E-state index contributed by atoms with van der Waals surface area (Å²) in [6.45, 7) is 1.67. The minimum absolute atomic E-state index is 0.245. The molecule has 8 heteroatoms.